The summed E-state index contributed by atoms with van der Waals surface area (Å²) in [5, 5.41) is 3.16. The van der Waals surface area contributed by atoms with E-state index in [4.69, 9.17) is 0 Å². The van der Waals surface area contributed by atoms with E-state index in [0.717, 1.165) is 24.6 Å². The first-order valence-electron chi connectivity index (χ1n) is 3.66. The Hall–Kier alpha value is -0.0900. The maximum absolute atomic E-state index is 11.6. The molecule has 4 heteroatoms. The van der Waals surface area contributed by atoms with Gasteiger partial charge >= 0.3 is 0 Å². The second-order valence-electron chi connectivity index (χ2n) is 2.38. The standard InChI is InChI=1S/C6H14N2OS/c1-2-8-10(9)5-3-7-4-6-10/h7H,2-6H2,1H3. The van der Waals surface area contributed by atoms with E-state index in [1.54, 1.807) is 0 Å². The summed E-state index contributed by atoms with van der Waals surface area (Å²) in [4.78, 5) is 0. The maximum Gasteiger partial charge on any atom is 0.0492 e. The highest BCUT2D eigenvalue weighted by Crippen LogP contribution is 1.98. The SMILES string of the molecule is CCN=S1(=O)CCNCC1. The van der Waals surface area contributed by atoms with Gasteiger partial charge in [0.2, 0.25) is 0 Å². The quantitative estimate of drug-likeness (QED) is 0.593. The molecule has 0 atom stereocenters. The van der Waals surface area contributed by atoms with Crippen LogP contribution in [0.15, 0.2) is 4.36 Å². The Morgan fingerprint density at radius 2 is 2.10 bits per heavy atom. The van der Waals surface area contributed by atoms with E-state index in [9.17, 15) is 4.21 Å². The number of nitrogens with zero attached hydrogens (tertiary/aromatic N) is 1. The summed E-state index contributed by atoms with van der Waals surface area (Å²) < 4.78 is 15.7. The van der Waals surface area contributed by atoms with Crippen molar-refractivity contribution in [3.8, 4) is 0 Å². The van der Waals surface area contributed by atoms with Crippen LogP contribution in [0.2, 0.25) is 0 Å². The van der Waals surface area contributed by atoms with Gasteiger partial charge in [-0.1, -0.05) is 0 Å². The van der Waals surface area contributed by atoms with E-state index < -0.39 is 9.73 Å². The number of hydrogen-bond acceptors (Lipinski definition) is 3. The molecular weight excluding hydrogens is 148 g/mol. The Morgan fingerprint density at radius 3 is 2.60 bits per heavy atom. The fraction of sp³-hybridized carbons (Fsp3) is 1.00. The molecule has 0 aromatic rings. The average molecular weight is 162 g/mol. The van der Waals surface area contributed by atoms with Crippen molar-refractivity contribution >= 4 is 9.73 Å². The zero-order valence-electron chi connectivity index (χ0n) is 6.30. The Morgan fingerprint density at radius 1 is 1.50 bits per heavy atom. The lowest BCUT2D eigenvalue weighted by molar-refractivity contribution is 0.650. The zero-order valence-corrected chi connectivity index (χ0v) is 7.12. The molecule has 0 unspecified atom stereocenters. The highest BCUT2D eigenvalue weighted by molar-refractivity contribution is 7.93. The predicted octanol–water partition coefficient (Wildman–Crippen LogP) is 0.0775. The summed E-state index contributed by atoms with van der Waals surface area (Å²) in [6.45, 7) is 4.36. The number of rotatable bonds is 1. The highest BCUT2D eigenvalue weighted by atomic mass is 32.2. The van der Waals surface area contributed by atoms with Crippen molar-refractivity contribution in [1.82, 2.24) is 5.32 Å². The molecule has 10 heavy (non-hydrogen) atoms. The molecule has 60 valence electrons. The molecule has 0 spiro atoms. The minimum atomic E-state index is -1.78. The molecule has 1 fully saturated rings. The predicted molar refractivity (Wildman–Crippen MR) is 43.7 cm³/mol. The summed E-state index contributed by atoms with van der Waals surface area (Å²) in [7, 11) is -1.78. The second kappa shape index (κ2) is 3.34. The first kappa shape index (κ1) is 8.01. The van der Waals surface area contributed by atoms with Gasteiger partial charge < -0.3 is 5.32 Å². The van der Waals surface area contributed by atoms with Gasteiger partial charge in [0.1, 0.15) is 0 Å². The van der Waals surface area contributed by atoms with Gasteiger partial charge in [0.05, 0.1) is 0 Å². The van der Waals surface area contributed by atoms with Gasteiger partial charge in [0.25, 0.3) is 0 Å². The molecule has 0 saturated carbocycles. The van der Waals surface area contributed by atoms with E-state index in [0.29, 0.717) is 6.54 Å². The lowest BCUT2D eigenvalue weighted by Gasteiger charge is -2.16. The molecule has 1 N–H and O–H groups in total. The Bertz CT molecular complexity index is 194. The highest BCUT2D eigenvalue weighted by Gasteiger charge is 2.11. The molecule has 3 nitrogen and oxygen atoms in total. The number of nitrogens with one attached hydrogen (secondary N) is 1. The Kier molecular flexibility index (Phi) is 2.68. The second-order valence-corrected chi connectivity index (χ2v) is 5.00. The fourth-order valence-electron chi connectivity index (χ4n) is 1.05. The van der Waals surface area contributed by atoms with Crippen LogP contribution < -0.4 is 5.32 Å². The van der Waals surface area contributed by atoms with Crippen molar-refractivity contribution in [3.05, 3.63) is 0 Å². The topological polar surface area (TPSA) is 41.5 Å². The van der Waals surface area contributed by atoms with Gasteiger partial charge in [-0.2, -0.15) is 0 Å². The van der Waals surface area contributed by atoms with Crippen LogP contribution in [-0.4, -0.2) is 35.3 Å². The van der Waals surface area contributed by atoms with Crippen molar-refractivity contribution in [2.45, 2.75) is 6.92 Å². The van der Waals surface area contributed by atoms with Crippen LogP contribution in [-0.2, 0) is 9.73 Å². The molecule has 1 aliphatic rings. The normalized spacial score (nSPS) is 24.1. The summed E-state index contributed by atoms with van der Waals surface area (Å²) in [6.07, 6.45) is 0. The van der Waals surface area contributed by atoms with Crippen LogP contribution in [0, 0.1) is 0 Å². The minimum absolute atomic E-state index is 0.693. The first-order valence-corrected chi connectivity index (χ1v) is 5.51. The molecular formula is C6H14N2OS. The summed E-state index contributed by atoms with van der Waals surface area (Å²) in [6, 6.07) is 0. The Labute approximate surface area is 62.4 Å². The Balaban J connectivity index is 2.66. The van der Waals surface area contributed by atoms with Crippen LogP contribution in [0.5, 0.6) is 0 Å². The fourth-order valence-corrected chi connectivity index (χ4v) is 2.91. The monoisotopic (exact) mass is 162 g/mol. The first-order chi connectivity index (χ1) is 4.77. The molecule has 1 heterocycles. The molecule has 1 saturated heterocycles. The molecule has 0 bridgehead atoms. The van der Waals surface area contributed by atoms with Crippen LogP contribution in [0.4, 0.5) is 0 Å². The van der Waals surface area contributed by atoms with E-state index in [-0.39, 0.29) is 0 Å². The lowest BCUT2D eigenvalue weighted by Crippen LogP contribution is -2.35. The van der Waals surface area contributed by atoms with Gasteiger partial charge in [0.15, 0.2) is 0 Å². The van der Waals surface area contributed by atoms with Gasteiger partial charge in [0, 0.05) is 40.9 Å². The maximum atomic E-state index is 11.6. The van der Waals surface area contributed by atoms with Crippen molar-refractivity contribution in [2.75, 3.05) is 31.1 Å². The third-order valence-electron chi connectivity index (χ3n) is 1.56. The molecule has 1 aliphatic heterocycles. The lowest BCUT2D eigenvalue weighted by atomic mass is 10.6. The van der Waals surface area contributed by atoms with Crippen LogP contribution in [0.25, 0.3) is 0 Å². The molecule has 0 aromatic carbocycles. The largest absolute Gasteiger partial charge is 0.315 e. The summed E-state index contributed by atoms with van der Waals surface area (Å²) in [5.74, 6) is 1.47. The average Bonchev–Trinajstić information content (AvgIpc) is 1.89. The van der Waals surface area contributed by atoms with Crippen molar-refractivity contribution in [2.24, 2.45) is 4.36 Å². The molecule has 1 rings (SSSR count). The number of hydrogen-bond donors (Lipinski definition) is 1. The zero-order chi connectivity index (χ0) is 7.45. The van der Waals surface area contributed by atoms with Crippen molar-refractivity contribution in [3.63, 3.8) is 0 Å². The smallest absolute Gasteiger partial charge is 0.0492 e. The van der Waals surface area contributed by atoms with Crippen LogP contribution >= 0.6 is 0 Å². The third kappa shape index (κ3) is 1.95. The van der Waals surface area contributed by atoms with Crippen LogP contribution in [0.3, 0.4) is 0 Å². The van der Waals surface area contributed by atoms with Gasteiger partial charge in [-0.3, -0.25) is 0 Å². The van der Waals surface area contributed by atoms with Gasteiger partial charge in [-0.25, -0.2) is 8.57 Å². The third-order valence-corrected chi connectivity index (χ3v) is 3.97. The van der Waals surface area contributed by atoms with Gasteiger partial charge in [-0.05, 0) is 6.92 Å². The summed E-state index contributed by atoms with van der Waals surface area (Å²) in [5.41, 5.74) is 0. The van der Waals surface area contributed by atoms with Crippen molar-refractivity contribution < 1.29 is 4.21 Å². The molecule has 0 aromatic heterocycles. The summed E-state index contributed by atoms with van der Waals surface area (Å²) >= 11 is 0. The van der Waals surface area contributed by atoms with Crippen LogP contribution in [0.1, 0.15) is 6.92 Å². The van der Waals surface area contributed by atoms with E-state index in [1.807, 2.05) is 6.92 Å². The van der Waals surface area contributed by atoms with Crippen molar-refractivity contribution in [1.29, 1.82) is 0 Å². The van der Waals surface area contributed by atoms with E-state index in [1.165, 1.54) is 0 Å². The van der Waals surface area contributed by atoms with Gasteiger partial charge in [-0.15, -0.1) is 0 Å². The molecule has 0 amide bonds. The van der Waals surface area contributed by atoms with E-state index in [2.05, 4.69) is 9.68 Å². The van der Waals surface area contributed by atoms with E-state index >= 15 is 0 Å². The molecule has 0 radical (unpaired) electrons. The minimum Gasteiger partial charge on any atom is -0.315 e. The molecule has 0 aliphatic carbocycles.